The summed E-state index contributed by atoms with van der Waals surface area (Å²) in [5, 5.41) is 4.57. The van der Waals surface area contributed by atoms with Crippen molar-refractivity contribution in [2.45, 2.75) is 13.5 Å². The quantitative estimate of drug-likeness (QED) is 0.628. The Bertz CT molecular complexity index is 932. The molecule has 0 aliphatic rings. The van der Waals surface area contributed by atoms with E-state index in [0.29, 0.717) is 16.7 Å². The second-order valence-corrected chi connectivity index (χ2v) is 6.33. The van der Waals surface area contributed by atoms with Crippen LogP contribution in [0.1, 0.15) is 17.0 Å². The molecule has 0 saturated heterocycles. The zero-order valence-electron chi connectivity index (χ0n) is 14.5. The Morgan fingerprint density at radius 3 is 2.65 bits per heavy atom. The van der Waals surface area contributed by atoms with Gasteiger partial charge in [-0.15, -0.1) is 0 Å². The van der Waals surface area contributed by atoms with Crippen LogP contribution in [0.2, 0.25) is 5.02 Å². The minimum absolute atomic E-state index is 0.181. The van der Waals surface area contributed by atoms with Gasteiger partial charge in [0.2, 0.25) is 17.6 Å². The van der Waals surface area contributed by atoms with Crippen LogP contribution >= 0.6 is 11.6 Å². The minimum Gasteiger partial charge on any atom is -0.337 e. The third-order valence-electron chi connectivity index (χ3n) is 3.84. The number of aromatic nitrogens is 2. The molecule has 0 spiro atoms. The van der Waals surface area contributed by atoms with Crippen LogP contribution in [-0.2, 0) is 11.3 Å². The fraction of sp³-hybridized carbons (Fsp3) is 0.150. The number of amides is 1. The van der Waals surface area contributed by atoms with Crippen LogP contribution in [0.25, 0.3) is 17.5 Å². The van der Waals surface area contributed by atoms with Crippen molar-refractivity contribution in [1.29, 1.82) is 0 Å². The van der Waals surface area contributed by atoms with E-state index in [1.807, 2.05) is 49.4 Å². The van der Waals surface area contributed by atoms with E-state index < -0.39 is 0 Å². The lowest BCUT2D eigenvalue weighted by Crippen LogP contribution is -2.24. The number of hydrogen-bond acceptors (Lipinski definition) is 4. The van der Waals surface area contributed by atoms with E-state index >= 15 is 0 Å². The van der Waals surface area contributed by atoms with Gasteiger partial charge in [0.15, 0.2) is 0 Å². The summed E-state index contributed by atoms with van der Waals surface area (Å²) in [4.78, 5) is 18.1. The lowest BCUT2D eigenvalue weighted by molar-refractivity contribution is -0.125. The first kappa shape index (κ1) is 17.9. The second-order valence-electron chi connectivity index (χ2n) is 5.93. The Labute approximate surface area is 156 Å². The number of carbonyl (C=O) groups excluding carboxylic acids is 1. The summed E-state index contributed by atoms with van der Waals surface area (Å²) in [7, 11) is 1.68. The Morgan fingerprint density at radius 2 is 1.92 bits per heavy atom. The maximum atomic E-state index is 12.3. The molecule has 5 nitrogen and oxygen atoms in total. The molecule has 0 radical (unpaired) electrons. The SMILES string of the molecule is Cc1ccc(-c2noc(CN(C)C(=O)/C=C/c3ccccc3Cl)n2)cc1. The van der Waals surface area contributed by atoms with Crippen molar-refractivity contribution in [3.05, 3.63) is 76.6 Å². The van der Waals surface area contributed by atoms with E-state index in [1.165, 1.54) is 11.0 Å². The van der Waals surface area contributed by atoms with Crippen molar-refractivity contribution in [3.8, 4) is 11.4 Å². The molecule has 2 aromatic carbocycles. The van der Waals surface area contributed by atoms with Crippen molar-refractivity contribution < 1.29 is 9.32 Å². The van der Waals surface area contributed by atoms with Crippen LogP contribution in [0.3, 0.4) is 0 Å². The normalized spacial score (nSPS) is 11.0. The third-order valence-corrected chi connectivity index (χ3v) is 4.18. The maximum Gasteiger partial charge on any atom is 0.246 e. The van der Waals surface area contributed by atoms with Crippen LogP contribution in [0.15, 0.2) is 59.1 Å². The van der Waals surface area contributed by atoms with Crippen molar-refractivity contribution in [2.24, 2.45) is 0 Å². The van der Waals surface area contributed by atoms with Crippen molar-refractivity contribution in [2.75, 3.05) is 7.05 Å². The third kappa shape index (κ3) is 4.37. The van der Waals surface area contributed by atoms with E-state index in [2.05, 4.69) is 10.1 Å². The summed E-state index contributed by atoms with van der Waals surface area (Å²) >= 11 is 6.08. The van der Waals surface area contributed by atoms with Gasteiger partial charge in [-0.05, 0) is 24.6 Å². The molecule has 0 atom stereocenters. The smallest absolute Gasteiger partial charge is 0.246 e. The molecule has 0 N–H and O–H groups in total. The predicted octanol–water partition coefficient (Wildman–Crippen LogP) is 4.37. The number of halogens is 1. The van der Waals surface area contributed by atoms with Gasteiger partial charge in [0.05, 0.1) is 6.54 Å². The highest BCUT2D eigenvalue weighted by Gasteiger charge is 2.13. The molecule has 0 unspecified atom stereocenters. The molecule has 132 valence electrons. The van der Waals surface area contributed by atoms with Gasteiger partial charge in [-0.1, -0.05) is 64.8 Å². The highest BCUT2D eigenvalue weighted by Crippen LogP contribution is 2.18. The monoisotopic (exact) mass is 367 g/mol. The van der Waals surface area contributed by atoms with Crippen molar-refractivity contribution >= 4 is 23.6 Å². The standard InChI is InChI=1S/C20H18ClN3O2/c1-14-7-9-16(10-8-14)20-22-18(26-23-20)13-24(2)19(25)12-11-15-5-3-4-6-17(15)21/h3-12H,13H2,1-2H3/b12-11+. The van der Waals surface area contributed by atoms with Crippen LogP contribution in [0.5, 0.6) is 0 Å². The summed E-state index contributed by atoms with van der Waals surface area (Å²) in [5.41, 5.74) is 2.82. The summed E-state index contributed by atoms with van der Waals surface area (Å²) in [5.74, 6) is 0.704. The van der Waals surface area contributed by atoms with Crippen molar-refractivity contribution in [3.63, 3.8) is 0 Å². The summed E-state index contributed by atoms with van der Waals surface area (Å²) in [6.07, 6.45) is 3.16. The molecule has 0 aliphatic carbocycles. The average Bonchev–Trinajstić information content (AvgIpc) is 3.09. The van der Waals surface area contributed by atoms with Gasteiger partial charge in [-0.3, -0.25) is 4.79 Å². The zero-order chi connectivity index (χ0) is 18.5. The largest absolute Gasteiger partial charge is 0.337 e. The molecule has 26 heavy (non-hydrogen) atoms. The Kier molecular flexibility index (Phi) is 5.49. The maximum absolute atomic E-state index is 12.3. The predicted molar refractivity (Wildman–Crippen MR) is 101 cm³/mol. The van der Waals surface area contributed by atoms with E-state index in [0.717, 1.165) is 16.7 Å². The summed E-state index contributed by atoms with van der Waals surface area (Å²) in [6, 6.07) is 15.2. The topological polar surface area (TPSA) is 59.2 Å². The molecule has 1 heterocycles. The molecule has 0 bridgehead atoms. The first-order valence-corrected chi connectivity index (χ1v) is 8.48. The molecule has 0 fully saturated rings. The fourth-order valence-electron chi connectivity index (χ4n) is 2.32. The number of benzene rings is 2. The molecule has 3 rings (SSSR count). The second kappa shape index (κ2) is 7.97. The van der Waals surface area contributed by atoms with Crippen LogP contribution in [-0.4, -0.2) is 28.0 Å². The van der Waals surface area contributed by atoms with Crippen LogP contribution in [0.4, 0.5) is 0 Å². The fourth-order valence-corrected chi connectivity index (χ4v) is 2.52. The summed E-state index contributed by atoms with van der Waals surface area (Å²) < 4.78 is 5.25. The number of likely N-dealkylation sites (N-methyl/N-ethyl adjacent to an activating group) is 1. The van der Waals surface area contributed by atoms with E-state index in [-0.39, 0.29) is 12.5 Å². The van der Waals surface area contributed by atoms with Gasteiger partial charge in [0, 0.05) is 23.7 Å². The number of hydrogen-bond donors (Lipinski definition) is 0. The number of nitrogens with zero attached hydrogens (tertiary/aromatic N) is 3. The highest BCUT2D eigenvalue weighted by atomic mass is 35.5. The van der Waals surface area contributed by atoms with Crippen LogP contribution in [0, 0.1) is 6.92 Å². The lowest BCUT2D eigenvalue weighted by atomic mass is 10.1. The average molecular weight is 368 g/mol. The zero-order valence-corrected chi connectivity index (χ0v) is 15.3. The number of carbonyl (C=O) groups is 1. The molecule has 0 aliphatic heterocycles. The van der Waals surface area contributed by atoms with Gasteiger partial charge in [-0.25, -0.2) is 0 Å². The van der Waals surface area contributed by atoms with Gasteiger partial charge >= 0.3 is 0 Å². The minimum atomic E-state index is -0.181. The number of aryl methyl sites for hydroxylation is 1. The van der Waals surface area contributed by atoms with E-state index in [1.54, 1.807) is 19.2 Å². The number of rotatable bonds is 5. The van der Waals surface area contributed by atoms with Crippen molar-refractivity contribution in [1.82, 2.24) is 15.0 Å². The van der Waals surface area contributed by atoms with Gasteiger partial charge < -0.3 is 9.42 Å². The van der Waals surface area contributed by atoms with Gasteiger partial charge in [0.25, 0.3) is 0 Å². The molecule has 1 aromatic heterocycles. The molecule has 1 amide bonds. The molecular weight excluding hydrogens is 350 g/mol. The molecular formula is C20H18ClN3O2. The Morgan fingerprint density at radius 1 is 1.19 bits per heavy atom. The molecule has 3 aromatic rings. The molecule has 0 saturated carbocycles. The first-order valence-electron chi connectivity index (χ1n) is 8.10. The van der Waals surface area contributed by atoms with Crippen LogP contribution < -0.4 is 0 Å². The van der Waals surface area contributed by atoms with Gasteiger partial charge in [-0.2, -0.15) is 4.98 Å². The lowest BCUT2D eigenvalue weighted by Gasteiger charge is -2.11. The summed E-state index contributed by atoms with van der Waals surface area (Å²) in [6.45, 7) is 2.24. The Balaban J connectivity index is 1.64. The first-order chi connectivity index (χ1) is 12.5. The van der Waals surface area contributed by atoms with Gasteiger partial charge in [0.1, 0.15) is 0 Å². The Hall–Kier alpha value is -2.92. The highest BCUT2D eigenvalue weighted by molar-refractivity contribution is 6.32. The molecule has 6 heteroatoms. The van der Waals surface area contributed by atoms with E-state index in [4.69, 9.17) is 16.1 Å². The van der Waals surface area contributed by atoms with E-state index in [9.17, 15) is 4.79 Å².